The van der Waals surface area contributed by atoms with Crippen LogP contribution < -0.4 is 0 Å². The Bertz CT molecular complexity index is 105. The molecule has 46 valence electrons. The van der Waals surface area contributed by atoms with Crippen LogP contribution >= 0.6 is 0 Å². The van der Waals surface area contributed by atoms with Gasteiger partial charge in [0.15, 0.2) is 0 Å². The summed E-state index contributed by atoms with van der Waals surface area (Å²) in [7, 11) is 0. The van der Waals surface area contributed by atoms with E-state index in [1.807, 2.05) is 0 Å². The van der Waals surface area contributed by atoms with Crippen molar-refractivity contribution in [1.82, 2.24) is 0 Å². The lowest BCUT2D eigenvalue weighted by atomic mass is 10.1. The van der Waals surface area contributed by atoms with Crippen molar-refractivity contribution in [2.75, 3.05) is 6.61 Å². The molecule has 1 saturated carbocycles. The molecule has 1 spiro atoms. The van der Waals surface area contributed by atoms with E-state index in [4.69, 9.17) is 4.74 Å². The minimum atomic E-state index is 0.416. The first kappa shape index (κ1) is 4.80. The van der Waals surface area contributed by atoms with Gasteiger partial charge in [-0.1, -0.05) is 6.92 Å². The van der Waals surface area contributed by atoms with Gasteiger partial charge in [-0.3, -0.25) is 0 Å². The van der Waals surface area contributed by atoms with E-state index in [1.165, 1.54) is 19.3 Å². The van der Waals surface area contributed by atoms with E-state index in [0.29, 0.717) is 5.60 Å². The van der Waals surface area contributed by atoms with Crippen LogP contribution in [-0.4, -0.2) is 12.2 Å². The van der Waals surface area contributed by atoms with Crippen LogP contribution in [0.2, 0.25) is 0 Å². The number of hydrogen-bond donors (Lipinski definition) is 0. The zero-order valence-electron chi connectivity index (χ0n) is 5.31. The van der Waals surface area contributed by atoms with Crippen molar-refractivity contribution in [3.05, 3.63) is 0 Å². The fourth-order valence-corrected chi connectivity index (χ4v) is 1.56. The van der Waals surface area contributed by atoms with Gasteiger partial charge in [0.25, 0.3) is 0 Å². The van der Waals surface area contributed by atoms with Gasteiger partial charge in [0, 0.05) is 6.61 Å². The zero-order chi connectivity index (χ0) is 5.61. The topological polar surface area (TPSA) is 9.23 Å². The molecule has 0 radical (unpaired) electrons. The van der Waals surface area contributed by atoms with E-state index in [1.54, 1.807) is 0 Å². The van der Waals surface area contributed by atoms with E-state index in [2.05, 4.69) is 6.92 Å². The lowest BCUT2D eigenvalue weighted by molar-refractivity contribution is 0.0880. The maximum atomic E-state index is 5.56. The Morgan fingerprint density at radius 3 is 2.50 bits per heavy atom. The van der Waals surface area contributed by atoms with Gasteiger partial charge in [0.1, 0.15) is 0 Å². The second-order valence-electron chi connectivity index (χ2n) is 3.30. The molecule has 0 N–H and O–H groups in total. The highest BCUT2D eigenvalue weighted by Crippen LogP contribution is 2.48. The average molecular weight is 112 g/mol. The molecule has 0 aromatic heterocycles. The maximum absolute atomic E-state index is 5.56. The molecule has 1 aliphatic carbocycles. The minimum Gasteiger partial charge on any atom is -0.375 e. The Hall–Kier alpha value is -0.0400. The molecular weight excluding hydrogens is 100 g/mol. The largest absolute Gasteiger partial charge is 0.375 e. The molecule has 2 rings (SSSR count). The van der Waals surface area contributed by atoms with Crippen molar-refractivity contribution in [3.8, 4) is 0 Å². The monoisotopic (exact) mass is 112 g/mol. The van der Waals surface area contributed by atoms with E-state index in [9.17, 15) is 0 Å². The molecular formula is C7H12O. The third kappa shape index (κ3) is 0.576. The molecule has 1 atom stereocenters. The Morgan fingerprint density at radius 2 is 2.25 bits per heavy atom. The molecule has 2 fully saturated rings. The van der Waals surface area contributed by atoms with Crippen LogP contribution in [0, 0.1) is 5.92 Å². The maximum Gasteiger partial charge on any atom is 0.0688 e. The Labute approximate surface area is 50.0 Å². The first-order chi connectivity index (χ1) is 3.81. The van der Waals surface area contributed by atoms with Gasteiger partial charge >= 0.3 is 0 Å². The molecule has 1 unspecified atom stereocenters. The highest BCUT2D eigenvalue weighted by Gasteiger charge is 2.48. The summed E-state index contributed by atoms with van der Waals surface area (Å²) in [4.78, 5) is 0. The van der Waals surface area contributed by atoms with E-state index < -0.39 is 0 Å². The molecule has 0 amide bonds. The molecule has 0 bridgehead atoms. The van der Waals surface area contributed by atoms with Crippen molar-refractivity contribution >= 4 is 0 Å². The highest BCUT2D eigenvalue weighted by atomic mass is 16.5. The van der Waals surface area contributed by atoms with Crippen LogP contribution in [0.15, 0.2) is 0 Å². The summed E-state index contributed by atoms with van der Waals surface area (Å²) in [5, 5.41) is 0. The summed E-state index contributed by atoms with van der Waals surface area (Å²) in [6.07, 6.45) is 3.99. The van der Waals surface area contributed by atoms with Gasteiger partial charge in [-0.05, 0) is 25.2 Å². The normalized spacial score (nSPS) is 40.9. The second kappa shape index (κ2) is 1.27. The lowest BCUT2D eigenvalue weighted by Gasteiger charge is -2.00. The summed E-state index contributed by atoms with van der Waals surface area (Å²) >= 11 is 0. The highest BCUT2D eigenvalue weighted by molar-refractivity contribution is 4.99. The van der Waals surface area contributed by atoms with Crippen molar-refractivity contribution in [2.24, 2.45) is 5.92 Å². The third-order valence-electron chi connectivity index (χ3n) is 2.20. The van der Waals surface area contributed by atoms with Crippen molar-refractivity contribution < 1.29 is 4.74 Å². The smallest absolute Gasteiger partial charge is 0.0688 e. The molecule has 1 saturated heterocycles. The molecule has 1 heteroatoms. The minimum absolute atomic E-state index is 0.416. The van der Waals surface area contributed by atoms with Crippen LogP contribution in [0.5, 0.6) is 0 Å². The Morgan fingerprint density at radius 1 is 1.50 bits per heavy atom. The summed E-state index contributed by atoms with van der Waals surface area (Å²) in [5.74, 6) is 0.831. The van der Waals surface area contributed by atoms with Crippen LogP contribution in [0.1, 0.15) is 26.2 Å². The van der Waals surface area contributed by atoms with Gasteiger partial charge in [-0.15, -0.1) is 0 Å². The standard InChI is InChI=1S/C7H12O/c1-6-4-7(2-3-7)8-5-6/h6H,2-5H2,1H3. The first-order valence-corrected chi connectivity index (χ1v) is 3.45. The lowest BCUT2D eigenvalue weighted by Crippen LogP contribution is -2.02. The van der Waals surface area contributed by atoms with E-state index in [-0.39, 0.29) is 0 Å². The number of ether oxygens (including phenoxy) is 1. The molecule has 0 aromatic carbocycles. The summed E-state index contributed by atoms with van der Waals surface area (Å²) in [6, 6.07) is 0. The molecule has 8 heavy (non-hydrogen) atoms. The van der Waals surface area contributed by atoms with Gasteiger partial charge in [0.2, 0.25) is 0 Å². The zero-order valence-corrected chi connectivity index (χ0v) is 5.31. The molecule has 1 nitrogen and oxygen atoms in total. The third-order valence-corrected chi connectivity index (χ3v) is 2.20. The van der Waals surface area contributed by atoms with Crippen LogP contribution in [-0.2, 0) is 4.74 Å². The fraction of sp³-hybridized carbons (Fsp3) is 1.00. The van der Waals surface area contributed by atoms with Gasteiger partial charge in [0.05, 0.1) is 5.60 Å². The Kier molecular flexibility index (Phi) is 0.762. The predicted octanol–water partition coefficient (Wildman–Crippen LogP) is 1.58. The summed E-state index contributed by atoms with van der Waals surface area (Å²) < 4.78 is 5.56. The van der Waals surface area contributed by atoms with Crippen molar-refractivity contribution in [3.63, 3.8) is 0 Å². The van der Waals surface area contributed by atoms with Crippen molar-refractivity contribution in [2.45, 2.75) is 31.8 Å². The van der Waals surface area contributed by atoms with Gasteiger partial charge in [-0.2, -0.15) is 0 Å². The Balaban J connectivity index is 2.03. The molecule has 0 aromatic rings. The second-order valence-corrected chi connectivity index (χ2v) is 3.30. The van der Waals surface area contributed by atoms with Crippen molar-refractivity contribution in [1.29, 1.82) is 0 Å². The summed E-state index contributed by atoms with van der Waals surface area (Å²) in [6.45, 7) is 3.28. The first-order valence-electron chi connectivity index (χ1n) is 3.45. The molecule has 1 heterocycles. The van der Waals surface area contributed by atoms with Crippen LogP contribution in [0.4, 0.5) is 0 Å². The van der Waals surface area contributed by atoms with Gasteiger partial charge < -0.3 is 4.74 Å². The van der Waals surface area contributed by atoms with Gasteiger partial charge in [-0.25, -0.2) is 0 Å². The predicted molar refractivity (Wildman–Crippen MR) is 31.7 cm³/mol. The molecule has 1 aliphatic heterocycles. The van der Waals surface area contributed by atoms with Crippen LogP contribution in [0.25, 0.3) is 0 Å². The van der Waals surface area contributed by atoms with Crippen LogP contribution in [0.3, 0.4) is 0 Å². The number of hydrogen-bond acceptors (Lipinski definition) is 1. The average Bonchev–Trinajstić information content (AvgIpc) is 2.34. The van der Waals surface area contributed by atoms with E-state index in [0.717, 1.165) is 12.5 Å². The van der Waals surface area contributed by atoms with E-state index >= 15 is 0 Å². The quantitative estimate of drug-likeness (QED) is 0.462. The SMILES string of the molecule is CC1COC2(CC2)C1. The molecule has 2 aliphatic rings. The fourth-order valence-electron chi connectivity index (χ4n) is 1.56. The number of rotatable bonds is 0. The summed E-state index contributed by atoms with van der Waals surface area (Å²) in [5.41, 5.74) is 0.416.